The van der Waals surface area contributed by atoms with Crippen LogP contribution >= 0.6 is 0 Å². The first-order chi connectivity index (χ1) is 16.7. The van der Waals surface area contributed by atoms with E-state index in [2.05, 4.69) is 10.1 Å². The Labute approximate surface area is 210 Å². The highest BCUT2D eigenvalue weighted by Gasteiger charge is 2.42. The zero-order chi connectivity index (χ0) is 26.7. The molecular formula is C28H34F3NO4. The fourth-order valence-corrected chi connectivity index (χ4v) is 4.71. The summed E-state index contributed by atoms with van der Waals surface area (Å²) >= 11 is 0. The Morgan fingerprint density at radius 3 is 2.39 bits per heavy atom. The summed E-state index contributed by atoms with van der Waals surface area (Å²) in [6.45, 7) is 9.86. The molecule has 0 radical (unpaired) electrons. The highest BCUT2D eigenvalue weighted by molar-refractivity contribution is 5.99. The van der Waals surface area contributed by atoms with Crippen molar-refractivity contribution in [3.05, 3.63) is 53.1 Å². The number of carbonyl (C=O) groups is 2. The number of halogens is 3. The van der Waals surface area contributed by atoms with Crippen LogP contribution in [0.3, 0.4) is 0 Å². The van der Waals surface area contributed by atoms with Gasteiger partial charge in [0.05, 0.1) is 12.3 Å². The van der Waals surface area contributed by atoms with Gasteiger partial charge in [-0.2, -0.15) is 0 Å². The third kappa shape index (κ3) is 6.39. The molecule has 36 heavy (non-hydrogen) atoms. The number of alkyl halides is 3. The van der Waals surface area contributed by atoms with Gasteiger partial charge in [0.15, 0.2) is 5.78 Å². The normalized spacial score (nSPS) is 15.0. The third-order valence-corrected chi connectivity index (χ3v) is 7.11. The maximum Gasteiger partial charge on any atom is 0.573 e. The van der Waals surface area contributed by atoms with Gasteiger partial charge in [0.25, 0.3) is 0 Å². The second kappa shape index (κ2) is 10.5. The van der Waals surface area contributed by atoms with Gasteiger partial charge in [-0.3, -0.25) is 9.59 Å². The van der Waals surface area contributed by atoms with Gasteiger partial charge in [0.2, 0.25) is 5.91 Å². The summed E-state index contributed by atoms with van der Waals surface area (Å²) in [5.74, 6) is 0.134. The molecule has 1 aliphatic heterocycles. The topological polar surface area (TPSA) is 64.6 Å². The number of anilines is 1. The van der Waals surface area contributed by atoms with Crippen LogP contribution in [0.2, 0.25) is 0 Å². The van der Waals surface area contributed by atoms with E-state index in [1.165, 1.54) is 19.1 Å². The first-order valence-electron chi connectivity index (χ1n) is 12.2. The predicted octanol–water partition coefficient (Wildman–Crippen LogP) is 7.23. The van der Waals surface area contributed by atoms with E-state index >= 15 is 0 Å². The molecule has 1 N–H and O–H groups in total. The molecule has 2 aromatic carbocycles. The number of ether oxygens (including phenoxy) is 2. The van der Waals surface area contributed by atoms with Gasteiger partial charge in [-0.05, 0) is 36.5 Å². The molecule has 0 aliphatic carbocycles. The van der Waals surface area contributed by atoms with E-state index in [9.17, 15) is 22.8 Å². The van der Waals surface area contributed by atoms with Crippen molar-refractivity contribution in [2.45, 2.75) is 78.5 Å². The molecule has 196 valence electrons. The van der Waals surface area contributed by atoms with Crippen LogP contribution in [0.25, 0.3) is 0 Å². The molecule has 1 heterocycles. The van der Waals surface area contributed by atoms with Crippen molar-refractivity contribution >= 4 is 17.4 Å². The number of carbonyl (C=O) groups excluding carboxylic acids is 2. The maximum atomic E-state index is 13.1. The highest BCUT2D eigenvalue weighted by atomic mass is 19.4. The average Bonchev–Trinajstić information content (AvgIpc) is 3.23. The van der Waals surface area contributed by atoms with Crippen LogP contribution < -0.4 is 14.8 Å². The van der Waals surface area contributed by atoms with Gasteiger partial charge in [-0.25, -0.2) is 0 Å². The van der Waals surface area contributed by atoms with E-state index in [0.29, 0.717) is 61.3 Å². The monoisotopic (exact) mass is 505 g/mol. The quantitative estimate of drug-likeness (QED) is 0.289. The summed E-state index contributed by atoms with van der Waals surface area (Å²) < 4.78 is 49.1. The van der Waals surface area contributed by atoms with Crippen LogP contribution in [0.15, 0.2) is 36.4 Å². The van der Waals surface area contributed by atoms with Crippen molar-refractivity contribution in [3.8, 4) is 11.5 Å². The molecule has 0 saturated carbocycles. The van der Waals surface area contributed by atoms with Gasteiger partial charge in [0.1, 0.15) is 11.5 Å². The highest BCUT2D eigenvalue weighted by Crippen LogP contribution is 2.49. The largest absolute Gasteiger partial charge is 0.573 e. The Morgan fingerprint density at radius 2 is 1.75 bits per heavy atom. The molecule has 0 aromatic heterocycles. The minimum absolute atomic E-state index is 0.0467. The van der Waals surface area contributed by atoms with Gasteiger partial charge in [-0.1, -0.05) is 52.3 Å². The van der Waals surface area contributed by atoms with E-state index in [0.717, 1.165) is 5.56 Å². The number of benzene rings is 2. The predicted molar refractivity (Wildman–Crippen MR) is 133 cm³/mol. The number of nitrogens with one attached hydrogen (secondary N) is 1. The Bertz CT molecular complexity index is 1120. The molecule has 3 rings (SSSR count). The minimum Gasteiger partial charge on any atom is -0.491 e. The summed E-state index contributed by atoms with van der Waals surface area (Å²) in [5.41, 5.74) is 1.43. The van der Waals surface area contributed by atoms with Crippen LogP contribution in [0, 0.1) is 5.41 Å². The number of unbranched alkanes of at least 4 members (excludes halogenated alkanes) is 1. The van der Waals surface area contributed by atoms with E-state index in [1.54, 1.807) is 18.2 Å². The number of rotatable bonds is 9. The average molecular weight is 506 g/mol. The van der Waals surface area contributed by atoms with Crippen molar-refractivity contribution < 1.29 is 32.2 Å². The maximum absolute atomic E-state index is 13.1. The van der Waals surface area contributed by atoms with E-state index in [1.807, 2.05) is 33.8 Å². The fraction of sp³-hybridized carbons (Fsp3) is 0.500. The first kappa shape index (κ1) is 27.6. The summed E-state index contributed by atoms with van der Waals surface area (Å²) in [7, 11) is 0. The van der Waals surface area contributed by atoms with Gasteiger partial charge < -0.3 is 14.8 Å². The second-order valence-electron chi connectivity index (χ2n) is 10.5. The van der Waals surface area contributed by atoms with Gasteiger partial charge in [0, 0.05) is 41.9 Å². The van der Waals surface area contributed by atoms with Gasteiger partial charge in [-0.15, -0.1) is 13.2 Å². The Kier molecular flexibility index (Phi) is 8.06. The van der Waals surface area contributed by atoms with E-state index < -0.39 is 11.8 Å². The molecule has 1 amide bonds. The van der Waals surface area contributed by atoms with Crippen LogP contribution in [0.5, 0.6) is 11.5 Å². The summed E-state index contributed by atoms with van der Waals surface area (Å²) in [6.07, 6.45) is -2.01. The lowest BCUT2D eigenvalue weighted by atomic mass is 9.61. The lowest BCUT2D eigenvalue weighted by Gasteiger charge is -2.43. The number of para-hydroxylation sites is 1. The Balaban J connectivity index is 1.73. The molecule has 1 aliphatic rings. The number of ketones is 1. The van der Waals surface area contributed by atoms with Crippen LogP contribution in [0.4, 0.5) is 18.9 Å². The summed E-state index contributed by atoms with van der Waals surface area (Å²) in [6, 6.07) is 9.76. The number of Topliss-reactive ketones (excluding diaryl/α,β-unsaturated/α-hetero) is 1. The molecule has 0 spiro atoms. The Morgan fingerprint density at radius 1 is 1.06 bits per heavy atom. The number of hydrogen-bond donors (Lipinski definition) is 1. The number of hydrogen-bond acceptors (Lipinski definition) is 4. The lowest BCUT2D eigenvalue weighted by molar-refractivity contribution is -0.275. The molecule has 5 nitrogen and oxygen atoms in total. The van der Waals surface area contributed by atoms with Crippen molar-refractivity contribution in [2.24, 2.45) is 5.41 Å². The summed E-state index contributed by atoms with van der Waals surface area (Å²) in [4.78, 5) is 24.6. The second-order valence-corrected chi connectivity index (χ2v) is 10.5. The van der Waals surface area contributed by atoms with Crippen molar-refractivity contribution in [3.63, 3.8) is 0 Å². The molecule has 0 bridgehead atoms. The zero-order valence-electron chi connectivity index (χ0n) is 21.5. The fourth-order valence-electron chi connectivity index (χ4n) is 4.71. The standard InChI is InChI=1S/C28H34F3NO4/c1-18(33)32-22-17-20(16-19-13-15-35-25(19)22)23(34)11-8-9-14-27(5,26(2,3)4)21-10-6-7-12-24(21)36-28(29,30)31/h6-7,10,12,16-17H,8-9,11,13-15H2,1-5H3,(H,32,33). The smallest absolute Gasteiger partial charge is 0.491 e. The SMILES string of the molecule is CC(=O)Nc1cc(C(=O)CCCCC(C)(c2ccccc2OC(F)(F)F)C(C)(C)C)cc2c1OCC2. The molecular weight excluding hydrogens is 471 g/mol. The lowest BCUT2D eigenvalue weighted by Crippen LogP contribution is -2.38. The van der Waals surface area contributed by atoms with Crippen molar-refractivity contribution in [1.29, 1.82) is 0 Å². The molecule has 2 aromatic rings. The molecule has 0 saturated heterocycles. The molecule has 1 atom stereocenters. The van der Waals surface area contributed by atoms with Crippen LogP contribution in [0.1, 0.15) is 81.8 Å². The van der Waals surface area contributed by atoms with Crippen molar-refractivity contribution in [1.82, 2.24) is 0 Å². The number of fused-ring (bicyclic) bond motifs is 1. The number of amides is 1. The van der Waals surface area contributed by atoms with Crippen molar-refractivity contribution in [2.75, 3.05) is 11.9 Å². The van der Waals surface area contributed by atoms with Crippen LogP contribution in [-0.4, -0.2) is 24.7 Å². The Hall–Kier alpha value is -3.03. The minimum atomic E-state index is -4.78. The molecule has 8 heteroatoms. The zero-order valence-corrected chi connectivity index (χ0v) is 21.5. The van der Waals surface area contributed by atoms with Gasteiger partial charge >= 0.3 is 6.36 Å². The third-order valence-electron chi connectivity index (χ3n) is 7.11. The van der Waals surface area contributed by atoms with Crippen LogP contribution in [-0.2, 0) is 16.6 Å². The molecule has 0 fully saturated rings. The van der Waals surface area contributed by atoms with E-state index in [-0.39, 0.29) is 22.9 Å². The summed E-state index contributed by atoms with van der Waals surface area (Å²) in [5, 5.41) is 2.74. The van der Waals surface area contributed by atoms with E-state index in [4.69, 9.17) is 4.74 Å². The molecule has 1 unspecified atom stereocenters. The first-order valence-corrected chi connectivity index (χ1v) is 12.2.